The van der Waals surface area contributed by atoms with E-state index in [1.54, 1.807) is 0 Å². The van der Waals surface area contributed by atoms with Gasteiger partial charge < -0.3 is 5.11 Å². The summed E-state index contributed by atoms with van der Waals surface area (Å²) in [5.74, 6) is 2.69. The Hall–Kier alpha value is 0.260. The van der Waals surface area contributed by atoms with Crippen molar-refractivity contribution in [2.75, 3.05) is 30.1 Å². The lowest BCUT2D eigenvalue weighted by Gasteiger charge is -2.28. The number of sulfone groups is 1. The van der Waals surface area contributed by atoms with Gasteiger partial charge in [-0.05, 0) is 36.2 Å². The highest BCUT2D eigenvalue weighted by molar-refractivity contribution is 7.99. The molecule has 1 fully saturated rings. The Morgan fingerprint density at radius 3 is 2.43 bits per heavy atom. The average Bonchev–Trinajstić information content (AvgIpc) is 2.14. The van der Waals surface area contributed by atoms with Crippen LogP contribution >= 0.6 is 11.8 Å². The van der Waals surface area contributed by atoms with Crippen LogP contribution in [0.3, 0.4) is 0 Å². The van der Waals surface area contributed by atoms with Crippen molar-refractivity contribution in [2.45, 2.75) is 12.8 Å². The van der Waals surface area contributed by atoms with Gasteiger partial charge in [-0.15, -0.1) is 0 Å². The first-order valence-electron chi connectivity index (χ1n) is 4.89. The van der Waals surface area contributed by atoms with Crippen molar-refractivity contribution in [1.29, 1.82) is 0 Å². The zero-order valence-corrected chi connectivity index (χ0v) is 10.1. The molecule has 0 aromatic carbocycles. The molecule has 0 aliphatic carbocycles. The van der Waals surface area contributed by atoms with Crippen molar-refractivity contribution in [1.82, 2.24) is 0 Å². The maximum Gasteiger partial charge on any atom is 0.147 e. The average molecular weight is 238 g/mol. The molecule has 0 saturated carbocycles. The van der Waals surface area contributed by atoms with Gasteiger partial charge in [0.05, 0.1) is 5.75 Å². The van der Waals surface area contributed by atoms with E-state index in [9.17, 15) is 13.5 Å². The normalized spacial score (nSPS) is 22.1. The van der Waals surface area contributed by atoms with Crippen LogP contribution < -0.4 is 0 Å². The van der Waals surface area contributed by atoms with Crippen LogP contribution in [0.15, 0.2) is 0 Å². The second-order valence-electron chi connectivity index (χ2n) is 3.98. The molecular weight excluding hydrogens is 220 g/mol. The van der Waals surface area contributed by atoms with E-state index in [4.69, 9.17) is 0 Å². The van der Waals surface area contributed by atoms with E-state index in [1.165, 1.54) is 6.26 Å². The van der Waals surface area contributed by atoms with Crippen LogP contribution in [0.5, 0.6) is 0 Å². The van der Waals surface area contributed by atoms with E-state index in [0.717, 1.165) is 24.3 Å². The molecule has 84 valence electrons. The van der Waals surface area contributed by atoms with Crippen LogP contribution in [-0.2, 0) is 9.84 Å². The summed E-state index contributed by atoms with van der Waals surface area (Å²) in [6.07, 6.45) is 3.34. The summed E-state index contributed by atoms with van der Waals surface area (Å²) >= 11 is 1.91. The van der Waals surface area contributed by atoms with Crippen LogP contribution in [0.4, 0.5) is 0 Å². The third kappa shape index (κ3) is 4.19. The first-order chi connectivity index (χ1) is 6.53. The lowest BCUT2D eigenvalue weighted by atomic mass is 9.89. The molecule has 0 aromatic heterocycles. The first-order valence-corrected chi connectivity index (χ1v) is 8.11. The van der Waals surface area contributed by atoms with Crippen molar-refractivity contribution >= 4 is 21.6 Å². The van der Waals surface area contributed by atoms with Crippen molar-refractivity contribution < 1.29 is 13.5 Å². The molecule has 1 aliphatic heterocycles. The Balaban J connectivity index is 2.52. The summed E-state index contributed by atoms with van der Waals surface area (Å²) in [6.45, 7) is 0.00238. The largest absolute Gasteiger partial charge is 0.396 e. The topological polar surface area (TPSA) is 54.4 Å². The number of aliphatic hydroxyl groups is 1. The SMILES string of the molecule is CS(=O)(=O)CC(CO)C1CCSCC1. The lowest BCUT2D eigenvalue weighted by Crippen LogP contribution is -2.29. The molecule has 3 nitrogen and oxygen atoms in total. The Kier molecular flexibility index (Phi) is 4.73. The minimum atomic E-state index is -2.95. The molecule has 0 aromatic rings. The monoisotopic (exact) mass is 238 g/mol. The van der Waals surface area contributed by atoms with Gasteiger partial charge in [0.25, 0.3) is 0 Å². The van der Waals surface area contributed by atoms with Gasteiger partial charge in [-0.1, -0.05) is 0 Å². The minimum absolute atomic E-state index is 0.00238. The number of thioether (sulfide) groups is 1. The van der Waals surface area contributed by atoms with Gasteiger partial charge in [-0.2, -0.15) is 11.8 Å². The molecule has 0 amide bonds. The first kappa shape index (κ1) is 12.3. The highest BCUT2D eigenvalue weighted by Crippen LogP contribution is 2.29. The molecule has 1 N–H and O–H groups in total. The van der Waals surface area contributed by atoms with Gasteiger partial charge in [0.2, 0.25) is 0 Å². The van der Waals surface area contributed by atoms with Crippen LogP contribution in [-0.4, -0.2) is 43.6 Å². The summed E-state index contributed by atoms with van der Waals surface area (Å²) in [5, 5.41) is 9.17. The maximum absolute atomic E-state index is 11.1. The summed E-state index contributed by atoms with van der Waals surface area (Å²) in [5.41, 5.74) is 0. The third-order valence-corrected chi connectivity index (χ3v) is 4.77. The smallest absolute Gasteiger partial charge is 0.147 e. The number of hydrogen-bond acceptors (Lipinski definition) is 4. The van der Waals surface area contributed by atoms with Crippen LogP contribution in [0.25, 0.3) is 0 Å². The molecule has 0 radical (unpaired) electrons. The molecule has 14 heavy (non-hydrogen) atoms. The Morgan fingerprint density at radius 1 is 1.43 bits per heavy atom. The van der Waals surface area contributed by atoms with Crippen molar-refractivity contribution in [2.24, 2.45) is 11.8 Å². The van der Waals surface area contributed by atoms with Gasteiger partial charge >= 0.3 is 0 Å². The Labute approximate surface area is 90.2 Å². The van der Waals surface area contributed by atoms with Gasteiger partial charge in [0.1, 0.15) is 9.84 Å². The second kappa shape index (κ2) is 5.37. The molecule has 5 heteroatoms. The molecule has 1 heterocycles. The summed E-state index contributed by atoms with van der Waals surface area (Å²) in [4.78, 5) is 0. The third-order valence-electron chi connectivity index (χ3n) is 2.68. The van der Waals surface area contributed by atoms with Crippen LogP contribution in [0.2, 0.25) is 0 Å². The molecule has 0 bridgehead atoms. The number of hydrogen-bond donors (Lipinski definition) is 1. The summed E-state index contributed by atoms with van der Waals surface area (Å²) in [6, 6.07) is 0. The Bertz CT molecular complexity index is 255. The van der Waals surface area contributed by atoms with Crippen molar-refractivity contribution in [3.63, 3.8) is 0 Å². The van der Waals surface area contributed by atoms with E-state index in [-0.39, 0.29) is 18.3 Å². The second-order valence-corrected chi connectivity index (χ2v) is 7.39. The zero-order valence-electron chi connectivity index (χ0n) is 8.48. The van der Waals surface area contributed by atoms with Crippen LogP contribution in [0.1, 0.15) is 12.8 Å². The van der Waals surface area contributed by atoms with E-state index in [1.807, 2.05) is 11.8 Å². The minimum Gasteiger partial charge on any atom is -0.396 e. The standard InChI is InChI=1S/C9H18O3S2/c1-14(11,12)7-9(6-10)8-2-4-13-5-3-8/h8-10H,2-7H2,1H3. The fourth-order valence-electron chi connectivity index (χ4n) is 1.91. The van der Waals surface area contributed by atoms with Crippen molar-refractivity contribution in [3.05, 3.63) is 0 Å². The summed E-state index contributed by atoms with van der Waals surface area (Å²) < 4.78 is 22.3. The van der Waals surface area contributed by atoms with Gasteiger partial charge in [-0.25, -0.2) is 8.42 Å². The molecule has 1 unspecified atom stereocenters. The number of aliphatic hydroxyl groups excluding tert-OH is 1. The molecule has 0 spiro atoms. The van der Waals surface area contributed by atoms with Gasteiger partial charge in [0, 0.05) is 12.9 Å². The highest BCUT2D eigenvalue weighted by atomic mass is 32.2. The molecular formula is C9H18O3S2. The molecule has 1 saturated heterocycles. The maximum atomic E-state index is 11.1. The molecule has 1 rings (SSSR count). The van der Waals surface area contributed by atoms with Crippen molar-refractivity contribution in [3.8, 4) is 0 Å². The van der Waals surface area contributed by atoms with E-state index in [2.05, 4.69) is 0 Å². The lowest BCUT2D eigenvalue weighted by molar-refractivity contribution is 0.183. The van der Waals surface area contributed by atoms with Gasteiger partial charge in [0.15, 0.2) is 0 Å². The predicted octanol–water partition coefficient (Wildman–Crippen LogP) is 0.783. The van der Waals surface area contributed by atoms with E-state index < -0.39 is 9.84 Å². The fourth-order valence-corrected chi connectivity index (χ4v) is 4.21. The molecule has 1 atom stereocenters. The van der Waals surface area contributed by atoms with E-state index in [0.29, 0.717) is 5.92 Å². The Morgan fingerprint density at radius 2 is 2.00 bits per heavy atom. The van der Waals surface area contributed by atoms with E-state index >= 15 is 0 Å². The zero-order chi connectivity index (χ0) is 10.6. The molecule has 1 aliphatic rings. The predicted molar refractivity (Wildman–Crippen MR) is 60.3 cm³/mol. The van der Waals surface area contributed by atoms with Crippen LogP contribution in [0, 0.1) is 11.8 Å². The number of rotatable bonds is 4. The summed E-state index contributed by atoms with van der Waals surface area (Å²) in [7, 11) is -2.95. The highest BCUT2D eigenvalue weighted by Gasteiger charge is 2.26. The van der Waals surface area contributed by atoms with Gasteiger partial charge in [-0.3, -0.25) is 0 Å². The fraction of sp³-hybridized carbons (Fsp3) is 1.00. The quantitative estimate of drug-likeness (QED) is 0.786.